The summed E-state index contributed by atoms with van der Waals surface area (Å²) in [5.74, 6) is 0.436. The van der Waals surface area contributed by atoms with Crippen LogP contribution in [0.1, 0.15) is 6.92 Å². The van der Waals surface area contributed by atoms with Gasteiger partial charge in [0.15, 0.2) is 0 Å². The normalized spacial score (nSPS) is 12.7. The number of nitrogens with one attached hydrogen (secondary N) is 1. The van der Waals surface area contributed by atoms with Crippen LogP contribution in [-0.2, 0) is 4.84 Å². The van der Waals surface area contributed by atoms with E-state index in [-0.39, 0.29) is 6.61 Å². The summed E-state index contributed by atoms with van der Waals surface area (Å²) < 4.78 is 12.7. The van der Waals surface area contributed by atoms with Gasteiger partial charge < -0.3 is 14.7 Å². The average molecular weight is 219 g/mol. The maximum absolute atomic E-state index is 9.36. The van der Waals surface area contributed by atoms with Crippen molar-refractivity contribution in [1.82, 2.24) is 14.2 Å². The van der Waals surface area contributed by atoms with Gasteiger partial charge in [0.25, 0.3) is 0 Å². The third kappa shape index (κ3) is 4.47. The maximum atomic E-state index is 9.36. The largest absolute Gasteiger partial charge is 0.473 e. The lowest BCUT2D eigenvalue weighted by molar-refractivity contribution is 0.00909. The summed E-state index contributed by atoms with van der Waals surface area (Å²) in [7, 11) is 0. The Balaban J connectivity index is 2.06. The molecular weight excluding hydrogens is 206 g/mol. The fraction of sp³-hybridized carbons (Fsp3) is 0.714. The number of aliphatic hydroxyl groups is 1. The molecule has 2 N–H and O–H groups in total. The van der Waals surface area contributed by atoms with Crippen molar-refractivity contribution >= 4 is 11.7 Å². The third-order valence-electron chi connectivity index (χ3n) is 1.33. The fourth-order valence-corrected chi connectivity index (χ4v) is 1.08. The van der Waals surface area contributed by atoms with Gasteiger partial charge in [-0.15, -0.1) is 4.37 Å². The highest BCUT2D eigenvalue weighted by atomic mass is 32.1. The van der Waals surface area contributed by atoms with Crippen LogP contribution < -0.4 is 10.2 Å². The number of ether oxygens (including phenoxy) is 1. The zero-order valence-corrected chi connectivity index (χ0v) is 8.66. The van der Waals surface area contributed by atoms with Crippen molar-refractivity contribution in [3.63, 3.8) is 0 Å². The van der Waals surface area contributed by atoms with Crippen molar-refractivity contribution in [1.29, 1.82) is 0 Å². The van der Waals surface area contributed by atoms with Crippen molar-refractivity contribution in [2.24, 2.45) is 0 Å². The minimum atomic E-state index is -0.622. The number of hydroxylamine groups is 1. The van der Waals surface area contributed by atoms with Crippen molar-refractivity contribution in [3.8, 4) is 5.88 Å². The van der Waals surface area contributed by atoms with E-state index >= 15 is 0 Å². The molecule has 7 heteroatoms. The van der Waals surface area contributed by atoms with E-state index < -0.39 is 6.10 Å². The Morgan fingerprint density at radius 2 is 2.57 bits per heavy atom. The summed E-state index contributed by atoms with van der Waals surface area (Å²) in [6.45, 7) is 2.91. The van der Waals surface area contributed by atoms with Crippen molar-refractivity contribution < 1.29 is 14.7 Å². The van der Waals surface area contributed by atoms with Crippen LogP contribution in [0.2, 0.25) is 0 Å². The van der Waals surface area contributed by atoms with Gasteiger partial charge in [0.05, 0.1) is 24.9 Å². The highest BCUT2D eigenvalue weighted by molar-refractivity contribution is 6.99. The van der Waals surface area contributed by atoms with Crippen LogP contribution in [-0.4, -0.2) is 39.7 Å². The van der Waals surface area contributed by atoms with Gasteiger partial charge in [-0.1, -0.05) is 0 Å². The fourth-order valence-electron chi connectivity index (χ4n) is 0.717. The first-order chi connectivity index (χ1) is 6.83. The zero-order chi connectivity index (χ0) is 10.2. The Hall–Kier alpha value is -0.760. The first kappa shape index (κ1) is 11.3. The van der Waals surface area contributed by atoms with E-state index in [1.54, 1.807) is 0 Å². The Kier molecular flexibility index (Phi) is 5.38. The number of hydrogen-bond donors (Lipinski definition) is 2. The van der Waals surface area contributed by atoms with Crippen LogP contribution >= 0.6 is 11.7 Å². The van der Waals surface area contributed by atoms with E-state index in [0.29, 0.717) is 19.0 Å². The molecule has 0 aromatic carbocycles. The zero-order valence-electron chi connectivity index (χ0n) is 7.84. The monoisotopic (exact) mass is 219 g/mol. The summed E-state index contributed by atoms with van der Waals surface area (Å²) in [5.41, 5.74) is 2.60. The molecule has 1 unspecified atom stereocenters. The van der Waals surface area contributed by atoms with Gasteiger partial charge in [0.2, 0.25) is 5.88 Å². The second kappa shape index (κ2) is 6.66. The molecule has 1 aromatic heterocycles. The van der Waals surface area contributed by atoms with Crippen molar-refractivity contribution in [3.05, 3.63) is 6.20 Å². The molecule has 1 aromatic rings. The lowest BCUT2D eigenvalue weighted by Gasteiger charge is -2.10. The summed E-state index contributed by atoms with van der Waals surface area (Å²) in [6.07, 6.45) is 0.885. The molecule has 14 heavy (non-hydrogen) atoms. The molecule has 0 amide bonds. The second-order valence-corrected chi connectivity index (χ2v) is 3.05. The third-order valence-corrected chi connectivity index (χ3v) is 1.79. The van der Waals surface area contributed by atoms with E-state index in [1.807, 2.05) is 6.92 Å². The first-order valence-corrected chi connectivity index (χ1v) is 4.99. The van der Waals surface area contributed by atoms with E-state index in [4.69, 9.17) is 9.57 Å². The van der Waals surface area contributed by atoms with Crippen LogP contribution in [0.25, 0.3) is 0 Å². The SMILES string of the molecule is CCONCC(O)COc1cnsn1. The predicted molar refractivity (Wildman–Crippen MR) is 51.0 cm³/mol. The molecule has 0 aliphatic heterocycles. The van der Waals surface area contributed by atoms with Crippen molar-refractivity contribution in [2.45, 2.75) is 13.0 Å². The molecule has 0 fully saturated rings. The first-order valence-electron chi connectivity index (χ1n) is 4.26. The maximum Gasteiger partial charge on any atom is 0.245 e. The number of hydrogen-bond acceptors (Lipinski definition) is 7. The molecule has 0 saturated heterocycles. The molecule has 6 nitrogen and oxygen atoms in total. The Bertz CT molecular complexity index is 232. The van der Waals surface area contributed by atoms with Gasteiger partial charge in [0.1, 0.15) is 18.9 Å². The second-order valence-electron chi connectivity index (χ2n) is 2.49. The summed E-state index contributed by atoms with van der Waals surface area (Å²) in [4.78, 5) is 4.85. The molecule has 1 heterocycles. The van der Waals surface area contributed by atoms with E-state index in [2.05, 4.69) is 14.2 Å². The van der Waals surface area contributed by atoms with E-state index in [9.17, 15) is 5.11 Å². The van der Waals surface area contributed by atoms with Crippen LogP contribution in [0.5, 0.6) is 5.88 Å². The molecule has 0 bridgehead atoms. The summed E-state index contributed by atoms with van der Waals surface area (Å²) in [5, 5.41) is 9.36. The van der Waals surface area contributed by atoms with E-state index in [1.165, 1.54) is 6.20 Å². The standard InChI is InChI=1S/C7H13N3O3S/c1-2-13-8-3-6(11)5-12-7-4-9-14-10-7/h4,6,8,11H,2-3,5H2,1H3. The van der Waals surface area contributed by atoms with Crippen molar-refractivity contribution in [2.75, 3.05) is 19.8 Å². The number of rotatable bonds is 7. The minimum absolute atomic E-state index is 0.172. The van der Waals surface area contributed by atoms with Gasteiger partial charge in [-0.05, 0) is 6.92 Å². The van der Waals surface area contributed by atoms with Crippen LogP contribution in [0.4, 0.5) is 0 Å². The van der Waals surface area contributed by atoms with Crippen LogP contribution in [0.15, 0.2) is 6.20 Å². The summed E-state index contributed by atoms with van der Waals surface area (Å²) >= 11 is 1.07. The van der Waals surface area contributed by atoms with Gasteiger partial charge in [0, 0.05) is 0 Å². The summed E-state index contributed by atoms with van der Waals surface area (Å²) in [6, 6.07) is 0. The number of aromatic nitrogens is 2. The average Bonchev–Trinajstić information content (AvgIpc) is 2.68. The van der Waals surface area contributed by atoms with Gasteiger partial charge in [-0.2, -0.15) is 9.85 Å². The molecule has 1 atom stereocenters. The lowest BCUT2D eigenvalue weighted by atomic mass is 10.4. The molecule has 0 aliphatic rings. The highest BCUT2D eigenvalue weighted by Gasteiger charge is 2.05. The Morgan fingerprint density at radius 3 is 3.21 bits per heavy atom. The number of nitrogens with zero attached hydrogens (tertiary/aromatic N) is 2. The Morgan fingerprint density at radius 1 is 1.71 bits per heavy atom. The Labute approximate surface area is 86.1 Å². The van der Waals surface area contributed by atoms with Gasteiger partial charge >= 0.3 is 0 Å². The molecule has 1 rings (SSSR count). The van der Waals surface area contributed by atoms with Gasteiger partial charge in [-0.3, -0.25) is 0 Å². The van der Waals surface area contributed by atoms with E-state index in [0.717, 1.165) is 11.7 Å². The smallest absolute Gasteiger partial charge is 0.245 e. The minimum Gasteiger partial charge on any atom is -0.473 e. The van der Waals surface area contributed by atoms with Gasteiger partial charge in [-0.25, -0.2) is 0 Å². The molecular formula is C7H13N3O3S. The molecule has 0 radical (unpaired) electrons. The molecule has 0 spiro atoms. The van der Waals surface area contributed by atoms with Crippen LogP contribution in [0.3, 0.4) is 0 Å². The number of aliphatic hydroxyl groups excluding tert-OH is 1. The quantitative estimate of drug-likeness (QED) is 0.489. The van der Waals surface area contributed by atoms with Crippen LogP contribution in [0, 0.1) is 0 Å². The highest BCUT2D eigenvalue weighted by Crippen LogP contribution is 2.04. The molecule has 0 saturated carbocycles. The molecule has 80 valence electrons. The molecule has 0 aliphatic carbocycles. The lowest BCUT2D eigenvalue weighted by Crippen LogP contribution is -2.31. The topological polar surface area (TPSA) is 76.5 Å². The predicted octanol–water partition coefficient (Wildman–Crippen LogP) is -0.181.